The van der Waals surface area contributed by atoms with Crippen molar-refractivity contribution in [1.29, 1.82) is 0 Å². The molecule has 0 saturated heterocycles. The molecule has 0 radical (unpaired) electrons. The lowest BCUT2D eigenvalue weighted by Crippen LogP contribution is -2.14. The Morgan fingerprint density at radius 3 is 1.80 bits per heavy atom. The van der Waals surface area contributed by atoms with Crippen molar-refractivity contribution in [2.45, 2.75) is 20.8 Å². The van der Waals surface area contributed by atoms with Gasteiger partial charge in [0, 0.05) is 12.5 Å². The number of rotatable bonds is 2. The zero-order valence-corrected chi connectivity index (χ0v) is 7.73. The van der Waals surface area contributed by atoms with E-state index in [2.05, 4.69) is 31.9 Å². The van der Waals surface area contributed by atoms with E-state index in [4.69, 9.17) is 0 Å². The van der Waals surface area contributed by atoms with Crippen molar-refractivity contribution < 1.29 is 4.58 Å². The number of allylic oxidation sites excluding steroid dienone is 1. The molecule has 0 aromatic carbocycles. The molecule has 0 rings (SSSR count). The smallest absolute Gasteiger partial charge is 0.175 e. The quantitative estimate of drug-likeness (QED) is 0.407. The Morgan fingerprint density at radius 2 is 1.70 bits per heavy atom. The van der Waals surface area contributed by atoms with Crippen LogP contribution in [0.5, 0.6) is 0 Å². The zero-order chi connectivity index (χ0) is 8.31. The highest BCUT2D eigenvalue weighted by molar-refractivity contribution is 5.93. The second-order valence-corrected chi connectivity index (χ2v) is 3.16. The Bertz CT molecular complexity index is 160. The van der Waals surface area contributed by atoms with E-state index in [0.717, 1.165) is 0 Å². The molecule has 0 heterocycles. The predicted octanol–water partition coefficient (Wildman–Crippen LogP) is 1.93. The fourth-order valence-corrected chi connectivity index (χ4v) is 0.705. The highest BCUT2D eigenvalue weighted by atomic mass is 14.9. The van der Waals surface area contributed by atoms with Crippen LogP contribution in [0.4, 0.5) is 0 Å². The Balaban J connectivity index is 4.38. The molecular formula is C9H18N+. The summed E-state index contributed by atoms with van der Waals surface area (Å²) in [5.41, 5.74) is 2.50. The van der Waals surface area contributed by atoms with Crippen molar-refractivity contribution in [2.24, 2.45) is 5.92 Å². The third-order valence-corrected chi connectivity index (χ3v) is 1.83. The first kappa shape index (κ1) is 9.41. The van der Waals surface area contributed by atoms with Crippen molar-refractivity contribution in [3.63, 3.8) is 0 Å². The third-order valence-electron chi connectivity index (χ3n) is 1.83. The Hall–Kier alpha value is -0.590. The maximum absolute atomic E-state index is 4.00. The van der Waals surface area contributed by atoms with E-state index in [1.165, 1.54) is 11.3 Å². The van der Waals surface area contributed by atoms with Gasteiger partial charge in [0.2, 0.25) is 0 Å². The Labute approximate surface area is 64.1 Å². The fourth-order valence-electron chi connectivity index (χ4n) is 0.705. The molecule has 1 nitrogen and oxygen atoms in total. The van der Waals surface area contributed by atoms with Gasteiger partial charge < -0.3 is 0 Å². The van der Waals surface area contributed by atoms with E-state index in [1.54, 1.807) is 0 Å². The Kier molecular flexibility index (Phi) is 3.34. The van der Waals surface area contributed by atoms with E-state index in [1.807, 2.05) is 14.1 Å². The summed E-state index contributed by atoms with van der Waals surface area (Å²) in [5, 5.41) is 0. The molecule has 0 aromatic heterocycles. The SMILES string of the molecule is C=C(C(C)=[N+](C)C)C(C)C. The minimum absolute atomic E-state index is 0.558. The van der Waals surface area contributed by atoms with Gasteiger partial charge in [0.25, 0.3) is 0 Å². The topological polar surface area (TPSA) is 3.01 Å². The molecule has 0 spiro atoms. The first-order valence-electron chi connectivity index (χ1n) is 3.66. The average molecular weight is 140 g/mol. The van der Waals surface area contributed by atoms with Crippen LogP contribution < -0.4 is 0 Å². The van der Waals surface area contributed by atoms with Gasteiger partial charge in [0.05, 0.1) is 0 Å². The molecule has 0 amide bonds. The summed E-state index contributed by atoms with van der Waals surface area (Å²) in [6.45, 7) is 10.4. The van der Waals surface area contributed by atoms with Gasteiger partial charge in [-0.15, -0.1) is 0 Å². The van der Waals surface area contributed by atoms with E-state index < -0.39 is 0 Å². The van der Waals surface area contributed by atoms with E-state index in [0.29, 0.717) is 5.92 Å². The number of nitrogens with zero attached hydrogens (tertiary/aromatic N) is 1. The van der Waals surface area contributed by atoms with Crippen LogP contribution in [0, 0.1) is 5.92 Å². The predicted molar refractivity (Wildman–Crippen MR) is 46.8 cm³/mol. The fraction of sp³-hybridized carbons (Fsp3) is 0.667. The first-order valence-corrected chi connectivity index (χ1v) is 3.66. The molecule has 1 heteroatoms. The van der Waals surface area contributed by atoms with Gasteiger partial charge in [0.1, 0.15) is 14.1 Å². The molecule has 0 N–H and O–H groups in total. The minimum Gasteiger partial charge on any atom is -0.239 e. The van der Waals surface area contributed by atoms with Crippen molar-refractivity contribution >= 4 is 5.71 Å². The first-order chi connectivity index (χ1) is 4.46. The van der Waals surface area contributed by atoms with Crippen molar-refractivity contribution in [2.75, 3.05) is 14.1 Å². The lowest BCUT2D eigenvalue weighted by molar-refractivity contribution is -0.464. The lowest BCUT2D eigenvalue weighted by Gasteiger charge is -2.05. The molecule has 0 unspecified atom stereocenters. The van der Waals surface area contributed by atoms with E-state index in [-0.39, 0.29) is 0 Å². The maximum Gasteiger partial charge on any atom is 0.175 e. The number of hydrogen-bond donors (Lipinski definition) is 0. The van der Waals surface area contributed by atoms with Crippen LogP contribution in [-0.2, 0) is 0 Å². The number of hydrogen-bond acceptors (Lipinski definition) is 0. The van der Waals surface area contributed by atoms with Gasteiger partial charge in [-0.3, -0.25) is 0 Å². The summed E-state index contributed by atoms with van der Waals surface area (Å²) in [7, 11) is 4.09. The largest absolute Gasteiger partial charge is 0.239 e. The molecular weight excluding hydrogens is 122 g/mol. The maximum atomic E-state index is 4.00. The monoisotopic (exact) mass is 140 g/mol. The molecule has 0 fully saturated rings. The minimum atomic E-state index is 0.558. The van der Waals surface area contributed by atoms with Gasteiger partial charge in [-0.05, 0) is 5.92 Å². The normalized spacial score (nSPS) is 9.80. The summed E-state index contributed by atoms with van der Waals surface area (Å²) in [4.78, 5) is 0. The molecule has 0 atom stereocenters. The van der Waals surface area contributed by atoms with Crippen LogP contribution in [0.15, 0.2) is 12.2 Å². The molecule has 0 saturated carbocycles. The molecule has 0 aliphatic rings. The van der Waals surface area contributed by atoms with Crippen LogP contribution >= 0.6 is 0 Å². The molecule has 0 aliphatic heterocycles. The molecule has 0 aromatic rings. The van der Waals surface area contributed by atoms with E-state index in [9.17, 15) is 0 Å². The van der Waals surface area contributed by atoms with Crippen LogP contribution in [0.3, 0.4) is 0 Å². The van der Waals surface area contributed by atoms with Crippen LogP contribution in [0.1, 0.15) is 20.8 Å². The van der Waals surface area contributed by atoms with Gasteiger partial charge in [0.15, 0.2) is 5.71 Å². The highest BCUT2D eigenvalue weighted by Gasteiger charge is 2.08. The van der Waals surface area contributed by atoms with Gasteiger partial charge in [-0.2, -0.15) is 0 Å². The summed E-state index contributed by atoms with van der Waals surface area (Å²) < 4.78 is 2.10. The highest BCUT2D eigenvalue weighted by Crippen LogP contribution is 2.07. The van der Waals surface area contributed by atoms with Crippen molar-refractivity contribution in [1.82, 2.24) is 0 Å². The third kappa shape index (κ3) is 2.34. The molecule has 58 valence electrons. The standard InChI is InChI=1S/C9H18N/c1-7(2)8(3)9(4)10(5)6/h7H,3H2,1-2,4-6H3/q+1. The Morgan fingerprint density at radius 1 is 1.30 bits per heavy atom. The second-order valence-electron chi connectivity index (χ2n) is 3.16. The van der Waals surface area contributed by atoms with Crippen LogP contribution in [0.2, 0.25) is 0 Å². The van der Waals surface area contributed by atoms with Gasteiger partial charge in [-0.1, -0.05) is 20.4 Å². The van der Waals surface area contributed by atoms with E-state index >= 15 is 0 Å². The summed E-state index contributed by atoms with van der Waals surface area (Å²) in [6.07, 6.45) is 0. The van der Waals surface area contributed by atoms with Crippen molar-refractivity contribution in [3.8, 4) is 0 Å². The zero-order valence-electron chi connectivity index (χ0n) is 7.73. The summed E-state index contributed by atoms with van der Waals surface area (Å²) in [6, 6.07) is 0. The summed E-state index contributed by atoms with van der Waals surface area (Å²) >= 11 is 0. The lowest BCUT2D eigenvalue weighted by atomic mass is 10.0. The average Bonchev–Trinajstić information content (AvgIpc) is 1.84. The van der Waals surface area contributed by atoms with Crippen LogP contribution in [0.25, 0.3) is 0 Å². The van der Waals surface area contributed by atoms with Gasteiger partial charge in [-0.25, -0.2) is 4.58 Å². The van der Waals surface area contributed by atoms with Crippen molar-refractivity contribution in [3.05, 3.63) is 12.2 Å². The molecule has 0 aliphatic carbocycles. The summed E-state index contributed by atoms with van der Waals surface area (Å²) in [5.74, 6) is 0.558. The molecule has 0 bridgehead atoms. The van der Waals surface area contributed by atoms with Crippen LogP contribution in [-0.4, -0.2) is 24.4 Å². The molecule has 10 heavy (non-hydrogen) atoms. The second kappa shape index (κ2) is 3.55. The van der Waals surface area contributed by atoms with Gasteiger partial charge >= 0.3 is 0 Å².